The van der Waals surface area contributed by atoms with Crippen molar-refractivity contribution in [1.29, 1.82) is 0 Å². The molecule has 1 fully saturated rings. The van der Waals surface area contributed by atoms with Crippen molar-refractivity contribution in [2.45, 2.75) is 30.6 Å². The Labute approximate surface area is 172 Å². The summed E-state index contributed by atoms with van der Waals surface area (Å²) in [5.74, 6) is 0.596. The maximum absolute atomic E-state index is 13.3. The minimum absolute atomic E-state index is 0.270. The molecule has 7 heteroatoms. The third kappa shape index (κ3) is 5.36. The van der Waals surface area contributed by atoms with E-state index in [0.29, 0.717) is 23.9 Å². The van der Waals surface area contributed by atoms with E-state index in [9.17, 15) is 13.2 Å². The van der Waals surface area contributed by atoms with Gasteiger partial charge in [0.25, 0.3) is 0 Å². The molecule has 0 aliphatic heterocycles. The van der Waals surface area contributed by atoms with Gasteiger partial charge >= 0.3 is 6.09 Å². The fraction of sp³-hybridized carbons (Fsp3) is 0.409. The summed E-state index contributed by atoms with van der Waals surface area (Å²) >= 11 is 0. The number of fused-ring (bicyclic) bond motifs is 1. The van der Waals surface area contributed by atoms with Crippen LogP contribution in [0.1, 0.15) is 25.7 Å². The Morgan fingerprint density at radius 1 is 1.10 bits per heavy atom. The van der Waals surface area contributed by atoms with Gasteiger partial charge in [-0.1, -0.05) is 36.4 Å². The summed E-state index contributed by atoms with van der Waals surface area (Å²) in [7, 11) is -3.62. The van der Waals surface area contributed by atoms with E-state index in [0.717, 1.165) is 36.5 Å². The van der Waals surface area contributed by atoms with Crippen LogP contribution in [0.5, 0.6) is 0 Å². The summed E-state index contributed by atoms with van der Waals surface area (Å²) in [4.78, 5) is 11.0. The number of amides is 1. The second-order valence-corrected chi connectivity index (χ2v) is 9.63. The first-order valence-electron chi connectivity index (χ1n) is 9.97. The average Bonchev–Trinajstić information content (AvgIpc) is 2.72. The normalized spacial score (nSPS) is 19.9. The summed E-state index contributed by atoms with van der Waals surface area (Å²) < 4.78 is 28.1. The van der Waals surface area contributed by atoms with E-state index in [4.69, 9.17) is 5.11 Å². The van der Waals surface area contributed by atoms with Gasteiger partial charge in [-0.25, -0.2) is 13.2 Å². The van der Waals surface area contributed by atoms with Gasteiger partial charge in [0, 0.05) is 19.6 Å². The molecule has 0 heterocycles. The van der Waals surface area contributed by atoms with Crippen LogP contribution in [0.15, 0.2) is 60.0 Å². The van der Waals surface area contributed by atoms with Crippen LogP contribution in [-0.4, -0.2) is 43.6 Å². The van der Waals surface area contributed by atoms with E-state index >= 15 is 0 Å². The van der Waals surface area contributed by atoms with Gasteiger partial charge in [0.2, 0.25) is 10.0 Å². The first-order valence-corrected chi connectivity index (χ1v) is 11.4. The highest BCUT2D eigenvalue weighted by Crippen LogP contribution is 2.31. The van der Waals surface area contributed by atoms with Gasteiger partial charge in [-0.05, 0) is 60.4 Å². The number of sulfonamides is 1. The lowest BCUT2D eigenvalue weighted by Gasteiger charge is -2.32. The van der Waals surface area contributed by atoms with E-state index in [1.807, 2.05) is 30.3 Å². The van der Waals surface area contributed by atoms with Gasteiger partial charge in [-0.3, -0.25) is 0 Å². The van der Waals surface area contributed by atoms with Gasteiger partial charge in [0.1, 0.15) is 0 Å². The highest BCUT2D eigenvalue weighted by Gasteiger charge is 2.29. The van der Waals surface area contributed by atoms with Gasteiger partial charge in [0.05, 0.1) is 4.90 Å². The number of carboxylic acid groups (broad SMARTS) is 1. The summed E-state index contributed by atoms with van der Waals surface area (Å²) in [5.41, 5.74) is 0. The fourth-order valence-electron chi connectivity index (χ4n) is 4.03. The first kappa shape index (κ1) is 21.3. The molecule has 2 aromatic carbocycles. The quantitative estimate of drug-likeness (QED) is 0.635. The van der Waals surface area contributed by atoms with Crippen LogP contribution < -0.4 is 5.32 Å². The third-order valence-corrected chi connectivity index (χ3v) is 7.49. The second-order valence-electron chi connectivity index (χ2n) is 7.69. The Kier molecular flexibility index (Phi) is 6.92. The van der Waals surface area contributed by atoms with Crippen LogP contribution in [0.4, 0.5) is 4.79 Å². The first-order chi connectivity index (χ1) is 13.9. The molecule has 156 valence electrons. The molecule has 3 rings (SSSR count). The number of hydrogen-bond donors (Lipinski definition) is 2. The van der Waals surface area contributed by atoms with Gasteiger partial charge in [0.15, 0.2) is 0 Å². The van der Waals surface area contributed by atoms with Crippen molar-refractivity contribution in [1.82, 2.24) is 9.62 Å². The topological polar surface area (TPSA) is 86.7 Å². The van der Waals surface area contributed by atoms with Crippen molar-refractivity contribution in [2.24, 2.45) is 11.8 Å². The minimum atomic E-state index is -3.62. The highest BCUT2D eigenvalue weighted by molar-refractivity contribution is 7.89. The molecule has 1 amide bonds. The number of benzene rings is 2. The summed E-state index contributed by atoms with van der Waals surface area (Å²) in [5, 5.41) is 13.1. The smallest absolute Gasteiger partial charge is 0.404 e. The molecule has 6 nitrogen and oxygen atoms in total. The van der Waals surface area contributed by atoms with Gasteiger partial charge < -0.3 is 10.4 Å². The van der Waals surface area contributed by atoms with Crippen molar-refractivity contribution in [3.63, 3.8) is 0 Å². The zero-order chi connectivity index (χ0) is 20.9. The van der Waals surface area contributed by atoms with Crippen molar-refractivity contribution in [2.75, 3.05) is 19.6 Å². The molecular weight excluding hydrogens is 388 g/mol. The van der Waals surface area contributed by atoms with Crippen LogP contribution in [-0.2, 0) is 10.0 Å². The van der Waals surface area contributed by atoms with Crippen LogP contribution in [0.3, 0.4) is 0 Å². The maximum atomic E-state index is 13.3. The van der Waals surface area contributed by atoms with Crippen LogP contribution in [0, 0.1) is 11.8 Å². The SMILES string of the molecule is C=CCN(C[C@H]1CC[C@H](CNC(=O)O)CC1)S(=O)(=O)c1ccc2ccccc2c1. The monoisotopic (exact) mass is 416 g/mol. The number of hydrogen-bond acceptors (Lipinski definition) is 3. The molecule has 29 heavy (non-hydrogen) atoms. The molecule has 2 aromatic rings. The van der Waals surface area contributed by atoms with Gasteiger partial charge in [-0.2, -0.15) is 4.31 Å². The molecule has 0 atom stereocenters. The standard InChI is InChI=1S/C22H28N2O4S/c1-2-13-24(16-18-9-7-17(8-10-18)15-23-22(25)26)29(27,28)21-12-11-19-5-3-4-6-20(19)14-21/h2-6,11-12,14,17-18,23H,1,7-10,13,15-16H2,(H,25,26)/t17-,18-. The molecule has 1 aliphatic carbocycles. The fourth-order valence-corrected chi connectivity index (χ4v) is 5.55. The van der Waals surface area contributed by atoms with E-state index in [1.54, 1.807) is 18.2 Å². The Morgan fingerprint density at radius 3 is 2.41 bits per heavy atom. The highest BCUT2D eigenvalue weighted by atomic mass is 32.2. The molecule has 1 aliphatic rings. The average molecular weight is 417 g/mol. The summed E-state index contributed by atoms with van der Waals surface area (Å²) in [6.45, 7) is 4.93. The Balaban J connectivity index is 1.70. The maximum Gasteiger partial charge on any atom is 0.404 e. The van der Waals surface area contributed by atoms with E-state index in [-0.39, 0.29) is 12.5 Å². The Hall–Kier alpha value is -2.38. The Morgan fingerprint density at radius 2 is 1.76 bits per heavy atom. The van der Waals surface area contributed by atoms with E-state index in [1.165, 1.54) is 4.31 Å². The predicted molar refractivity (Wildman–Crippen MR) is 114 cm³/mol. The number of nitrogens with one attached hydrogen (secondary N) is 1. The lowest BCUT2D eigenvalue weighted by Crippen LogP contribution is -2.37. The molecule has 0 saturated heterocycles. The van der Waals surface area contributed by atoms with Crippen LogP contribution in [0.25, 0.3) is 10.8 Å². The van der Waals surface area contributed by atoms with Crippen LogP contribution >= 0.6 is 0 Å². The van der Waals surface area contributed by atoms with E-state index < -0.39 is 16.1 Å². The molecule has 2 N–H and O–H groups in total. The molecule has 0 radical (unpaired) electrons. The summed E-state index contributed by atoms with van der Waals surface area (Å²) in [6, 6.07) is 13.0. The largest absolute Gasteiger partial charge is 0.465 e. The predicted octanol–water partition coefficient (Wildman–Crippen LogP) is 4.09. The molecule has 0 unspecified atom stereocenters. The zero-order valence-corrected chi connectivity index (χ0v) is 17.3. The molecule has 0 aromatic heterocycles. The van der Waals surface area contributed by atoms with Crippen molar-refractivity contribution in [3.8, 4) is 0 Å². The lowest BCUT2D eigenvalue weighted by atomic mass is 9.82. The number of rotatable bonds is 8. The molecule has 0 spiro atoms. The summed E-state index contributed by atoms with van der Waals surface area (Å²) in [6.07, 6.45) is 4.23. The van der Waals surface area contributed by atoms with Crippen molar-refractivity contribution in [3.05, 3.63) is 55.1 Å². The van der Waals surface area contributed by atoms with Crippen molar-refractivity contribution < 1.29 is 18.3 Å². The van der Waals surface area contributed by atoms with Crippen LogP contribution in [0.2, 0.25) is 0 Å². The number of nitrogens with zero attached hydrogens (tertiary/aromatic N) is 1. The third-order valence-electron chi connectivity index (χ3n) is 5.66. The minimum Gasteiger partial charge on any atom is -0.465 e. The molecule has 1 saturated carbocycles. The molecular formula is C22H28N2O4S. The zero-order valence-electron chi connectivity index (χ0n) is 16.5. The lowest BCUT2D eigenvalue weighted by molar-refractivity contribution is 0.186. The second kappa shape index (κ2) is 9.41. The van der Waals surface area contributed by atoms with Crippen molar-refractivity contribution >= 4 is 26.9 Å². The number of carbonyl (C=O) groups is 1. The molecule has 0 bridgehead atoms. The van der Waals surface area contributed by atoms with Gasteiger partial charge in [-0.15, -0.1) is 6.58 Å². The van der Waals surface area contributed by atoms with E-state index in [2.05, 4.69) is 11.9 Å². The Bertz CT molecular complexity index is 966.